The maximum atomic E-state index is 9.32. The highest BCUT2D eigenvalue weighted by Crippen LogP contribution is 2.15. The van der Waals surface area contributed by atoms with E-state index in [1.165, 1.54) is 0 Å². The van der Waals surface area contributed by atoms with E-state index in [9.17, 15) is 5.11 Å². The summed E-state index contributed by atoms with van der Waals surface area (Å²) in [6.07, 6.45) is 0.781. The molecule has 4 nitrogen and oxygen atoms in total. The minimum Gasteiger partial charge on any atom is -0.491 e. The fourth-order valence-electron chi connectivity index (χ4n) is 1.09. The van der Waals surface area contributed by atoms with Gasteiger partial charge in [0.05, 0.1) is 12.6 Å². The zero-order valence-electron chi connectivity index (χ0n) is 6.53. The first kappa shape index (κ1) is 8.52. The van der Waals surface area contributed by atoms with Crippen molar-refractivity contribution in [2.75, 3.05) is 6.54 Å². The largest absolute Gasteiger partial charge is 0.491 e. The van der Waals surface area contributed by atoms with Gasteiger partial charge in [-0.1, -0.05) is 0 Å². The first-order valence-electron chi connectivity index (χ1n) is 3.66. The van der Waals surface area contributed by atoms with Gasteiger partial charge in [0.25, 0.3) is 0 Å². The molecule has 0 saturated carbocycles. The highest BCUT2D eigenvalue weighted by Gasteiger charge is 2.26. The molecular formula is C7H14N2O2. The number of hydrogen-bond acceptors (Lipinski definition) is 4. The van der Waals surface area contributed by atoms with Gasteiger partial charge in [-0.25, -0.2) is 0 Å². The molecule has 4 heteroatoms. The van der Waals surface area contributed by atoms with Gasteiger partial charge >= 0.3 is 0 Å². The summed E-state index contributed by atoms with van der Waals surface area (Å²) in [5, 5.41) is 9.32. The molecule has 0 fully saturated rings. The lowest BCUT2D eigenvalue weighted by Crippen LogP contribution is -2.45. The third kappa shape index (κ3) is 1.71. The van der Waals surface area contributed by atoms with Crippen LogP contribution in [0.5, 0.6) is 0 Å². The smallest absolute Gasteiger partial charge is 0.123 e. The van der Waals surface area contributed by atoms with Crippen molar-refractivity contribution in [3.05, 3.63) is 11.8 Å². The van der Waals surface area contributed by atoms with Gasteiger partial charge in [-0.05, 0) is 13.0 Å². The molecule has 1 unspecified atom stereocenters. The quantitative estimate of drug-likeness (QED) is 0.454. The average Bonchev–Trinajstić information content (AvgIpc) is 1.99. The maximum absolute atomic E-state index is 9.32. The van der Waals surface area contributed by atoms with Gasteiger partial charge in [0, 0.05) is 0 Å². The molecular weight excluding hydrogens is 144 g/mol. The minimum absolute atomic E-state index is 0.256. The maximum Gasteiger partial charge on any atom is 0.123 e. The van der Waals surface area contributed by atoms with Crippen LogP contribution in [0.25, 0.3) is 0 Å². The molecule has 0 spiro atoms. The first-order chi connectivity index (χ1) is 5.15. The Balaban J connectivity index is 2.68. The number of rotatable bonds is 1. The molecule has 3 atom stereocenters. The number of aliphatic hydroxyl groups excluding tert-OH is 1. The van der Waals surface area contributed by atoms with E-state index >= 15 is 0 Å². The van der Waals surface area contributed by atoms with Crippen LogP contribution in [0, 0.1) is 0 Å². The molecule has 5 N–H and O–H groups in total. The van der Waals surface area contributed by atoms with E-state index in [0.29, 0.717) is 12.3 Å². The van der Waals surface area contributed by atoms with Crippen molar-refractivity contribution in [2.24, 2.45) is 11.5 Å². The van der Waals surface area contributed by atoms with Crippen LogP contribution >= 0.6 is 0 Å². The second kappa shape index (κ2) is 3.21. The van der Waals surface area contributed by atoms with Crippen LogP contribution in [0.1, 0.15) is 6.92 Å². The molecule has 11 heavy (non-hydrogen) atoms. The molecule has 0 aliphatic carbocycles. The number of ether oxygens (including phenoxy) is 1. The molecule has 0 radical (unpaired) electrons. The Bertz CT molecular complexity index is 170. The van der Waals surface area contributed by atoms with Crippen LogP contribution in [0.2, 0.25) is 0 Å². The Hall–Kier alpha value is -0.580. The van der Waals surface area contributed by atoms with Gasteiger partial charge in [0.15, 0.2) is 0 Å². The highest BCUT2D eigenvalue weighted by molar-refractivity contribution is 5.08. The van der Waals surface area contributed by atoms with Crippen molar-refractivity contribution in [2.45, 2.75) is 25.2 Å². The molecule has 0 bridgehead atoms. The Morgan fingerprint density at radius 2 is 2.36 bits per heavy atom. The highest BCUT2D eigenvalue weighted by atomic mass is 16.5. The van der Waals surface area contributed by atoms with Gasteiger partial charge in [-0.2, -0.15) is 0 Å². The van der Waals surface area contributed by atoms with E-state index in [2.05, 4.69) is 0 Å². The second-order valence-electron chi connectivity index (χ2n) is 2.73. The first-order valence-corrected chi connectivity index (χ1v) is 3.66. The number of hydrogen-bond donors (Lipinski definition) is 3. The molecule has 1 heterocycles. The van der Waals surface area contributed by atoms with Crippen LogP contribution in [0.4, 0.5) is 0 Å². The second-order valence-corrected chi connectivity index (χ2v) is 2.73. The van der Waals surface area contributed by atoms with Gasteiger partial charge in [0.2, 0.25) is 0 Å². The monoisotopic (exact) mass is 158 g/mol. The van der Waals surface area contributed by atoms with E-state index in [-0.39, 0.29) is 12.1 Å². The van der Waals surface area contributed by atoms with Crippen molar-refractivity contribution < 1.29 is 9.84 Å². The van der Waals surface area contributed by atoms with Gasteiger partial charge in [-0.3, -0.25) is 0 Å². The summed E-state index contributed by atoms with van der Waals surface area (Å²) in [6.45, 7) is 2.11. The number of aliphatic hydroxyl groups is 1. The third-order valence-corrected chi connectivity index (χ3v) is 1.79. The van der Waals surface area contributed by atoms with Crippen LogP contribution < -0.4 is 11.5 Å². The Kier molecular flexibility index (Phi) is 2.49. The zero-order chi connectivity index (χ0) is 8.43. The standard InChI is InChI=1S/C7H14N2O2/c1-4-7(10)6(9)2-5(3-8)11-4/h2,4,6-7,10H,3,8-9H2,1H3/t4?,6-,7-/m0/s1. The van der Waals surface area contributed by atoms with E-state index in [1.807, 2.05) is 0 Å². The fourth-order valence-corrected chi connectivity index (χ4v) is 1.09. The fraction of sp³-hybridized carbons (Fsp3) is 0.714. The normalized spacial score (nSPS) is 37.8. The van der Waals surface area contributed by atoms with E-state index in [4.69, 9.17) is 16.2 Å². The SMILES string of the molecule is CC1OC(CN)=C[C@H](N)[C@H]1O. The number of nitrogens with two attached hydrogens (primary N) is 2. The summed E-state index contributed by atoms with van der Waals surface area (Å²) in [5.41, 5.74) is 10.9. The summed E-state index contributed by atoms with van der Waals surface area (Å²) in [5.74, 6) is 0.662. The van der Waals surface area contributed by atoms with Crippen molar-refractivity contribution >= 4 is 0 Å². The molecule has 0 aromatic heterocycles. The van der Waals surface area contributed by atoms with Crippen molar-refractivity contribution in [1.29, 1.82) is 0 Å². The summed E-state index contributed by atoms with van der Waals surface area (Å²) in [4.78, 5) is 0. The van der Waals surface area contributed by atoms with E-state index < -0.39 is 6.10 Å². The third-order valence-electron chi connectivity index (χ3n) is 1.79. The predicted molar refractivity (Wildman–Crippen MR) is 41.7 cm³/mol. The Labute approximate surface area is 65.8 Å². The average molecular weight is 158 g/mol. The summed E-state index contributed by atoms with van der Waals surface area (Å²) in [7, 11) is 0. The summed E-state index contributed by atoms with van der Waals surface area (Å²) in [6, 6.07) is -0.350. The topological polar surface area (TPSA) is 81.5 Å². The molecule has 0 amide bonds. The lowest BCUT2D eigenvalue weighted by molar-refractivity contribution is -0.0145. The van der Waals surface area contributed by atoms with Crippen molar-refractivity contribution in [3.63, 3.8) is 0 Å². The van der Waals surface area contributed by atoms with Gasteiger partial charge < -0.3 is 21.3 Å². The summed E-state index contributed by atoms with van der Waals surface area (Å²) >= 11 is 0. The lowest BCUT2D eigenvalue weighted by Gasteiger charge is -2.29. The van der Waals surface area contributed by atoms with Crippen LogP contribution in [0.15, 0.2) is 11.8 Å². The van der Waals surface area contributed by atoms with Gasteiger partial charge in [0.1, 0.15) is 18.0 Å². The lowest BCUT2D eigenvalue weighted by atomic mass is 10.0. The van der Waals surface area contributed by atoms with Crippen molar-refractivity contribution in [3.8, 4) is 0 Å². The minimum atomic E-state index is -0.620. The molecule has 0 saturated heterocycles. The molecule has 64 valence electrons. The Morgan fingerprint density at radius 1 is 1.73 bits per heavy atom. The Morgan fingerprint density at radius 3 is 2.82 bits per heavy atom. The van der Waals surface area contributed by atoms with Crippen LogP contribution in [0.3, 0.4) is 0 Å². The molecule has 0 aromatic rings. The molecule has 1 aliphatic rings. The van der Waals surface area contributed by atoms with Gasteiger partial charge in [-0.15, -0.1) is 0 Å². The van der Waals surface area contributed by atoms with E-state index in [1.54, 1.807) is 13.0 Å². The van der Waals surface area contributed by atoms with Crippen molar-refractivity contribution in [1.82, 2.24) is 0 Å². The van der Waals surface area contributed by atoms with Crippen LogP contribution in [-0.2, 0) is 4.74 Å². The molecule has 0 aromatic carbocycles. The summed E-state index contributed by atoms with van der Waals surface area (Å²) < 4.78 is 5.22. The predicted octanol–water partition coefficient (Wildman–Crippen LogP) is -1.06. The molecule has 1 rings (SSSR count). The van der Waals surface area contributed by atoms with E-state index in [0.717, 1.165) is 0 Å². The zero-order valence-corrected chi connectivity index (χ0v) is 6.53. The molecule has 1 aliphatic heterocycles. The van der Waals surface area contributed by atoms with Crippen LogP contribution in [-0.4, -0.2) is 29.9 Å².